The van der Waals surface area contributed by atoms with E-state index in [2.05, 4.69) is 21.5 Å². The first-order valence-electron chi connectivity index (χ1n) is 9.79. The molecular weight excluding hydrogens is 414 g/mol. The maximum atomic E-state index is 12.2. The van der Waals surface area contributed by atoms with E-state index in [0.29, 0.717) is 22.7 Å². The van der Waals surface area contributed by atoms with Crippen LogP contribution in [-0.4, -0.2) is 37.9 Å². The first-order chi connectivity index (χ1) is 14.6. The fourth-order valence-corrected chi connectivity index (χ4v) is 3.38. The summed E-state index contributed by atoms with van der Waals surface area (Å²) in [4.78, 5) is 16.4. The zero-order chi connectivity index (χ0) is 22.8. The lowest BCUT2D eigenvalue weighted by Gasteiger charge is -2.17. The number of nitrogens with one attached hydrogen (secondary N) is 1. The van der Waals surface area contributed by atoms with Gasteiger partial charge in [0.05, 0.1) is 27.6 Å². The Hall–Kier alpha value is -3.21. The molecule has 0 unspecified atom stereocenters. The number of amides is 1. The molecule has 0 spiro atoms. The molecule has 0 atom stereocenters. The van der Waals surface area contributed by atoms with E-state index >= 15 is 0 Å². The number of benzene rings is 1. The topological polar surface area (TPSA) is 104 Å². The standard InChI is InChI=1S/C23H24ClN5O2/c1-14-19(15(2)29(28-14)18-7-6-17(11-25)20(24)10-18)9-16-5-8-21(26-12-16)22(30)27-13-23(3,4)31/h5-8,10,12,31H,9,13H2,1-4H3,(H,27,30). The third-order valence-electron chi connectivity index (χ3n) is 4.88. The molecule has 0 bridgehead atoms. The van der Waals surface area contributed by atoms with Crippen LogP contribution in [0.4, 0.5) is 0 Å². The first kappa shape index (κ1) is 22.5. The van der Waals surface area contributed by atoms with Gasteiger partial charge in [0.1, 0.15) is 11.8 Å². The van der Waals surface area contributed by atoms with Gasteiger partial charge < -0.3 is 10.4 Å². The molecule has 0 saturated carbocycles. The Morgan fingerprint density at radius 2 is 2.03 bits per heavy atom. The largest absolute Gasteiger partial charge is 0.389 e. The van der Waals surface area contributed by atoms with E-state index in [1.165, 1.54) is 0 Å². The summed E-state index contributed by atoms with van der Waals surface area (Å²) in [6, 6.07) is 10.8. The molecule has 2 heterocycles. The number of aliphatic hydroxyl groups is 1. The quantitative estimate of drug-likeness (QED) is 0.614. The summed E-state index contributed by atoms with van der Waals surface area (Å²) in [6.07, 6.45) is 2.29. The minimum atomic E-state index is -0.982. The van der Waals surface area contributed by atoms with Crippen LogP contribution in [0.5, 0.6) is 0 Å². The highest BCUT2D eigenvalue weighted by Crippen LogP contribution is 2.24. The second-order valence-electron chi connectivity index (χ2n) is 8.06. The number of aromatic nitrogens is 3. The molecule has 0 saturated heterocycles. The fourth-order valence-electron chi connectivity index (χ4n) is 3.16. The van der Waals surface area contributed by atoms with E-state index in [1.54, 1.807) is 38.2 Å². The molecule has 0 fully saturated rings. The summed E-state index contributed by atoms with van der Waals surface area (Å²) in [5.41, 5.74) is 4.37. The van der Waals surface area contributed by atoms with E-state index in [9.17, 15) is 9.90 Å². The van der Waals surface area contributed by atoms with Gasteiger partial charge in [-0.15, -0.1) is 0 Å². The first-order valence-corrected chi connectivity index (χ1v) is 10.2. The molecule has 0 aliphatic carbocycles. The number of aryl methyl sites for hydroxylation is 1. The van der Waals surface area contributed by atoms with Gasteiger partial charge in [0.25, 0.3) is 5.91 Å². The summed E-state index contributed by atoms with van der Waals surface area (Å²) in [6.45, 7) is 7.32. The summed E-state index contributed by atoms with van der Waals surface area (Å²) < 4.78 is 1.81. The molecule has 3 rings (SSSR count). The summed E-state index contributed by atoms with van der Waals surface area (Å²) in [5.74, 6) is -0.327. The monoisotopic (exact) mass is 437 g/mol. The molecule has 0 aliphatic heterocycles. The van der Waals surface area contributed by atoms with Gasteiger partial charge in [-0.1, -0.05) is 17.7 Å². The molecule has 0 radical (unpaired) electrons. The maximum Gasteiger partial charge on any atom is 0.269 e. The fraction of sp³-hybridized carbons (Fsp3) is 0.304. The van der Waals surface area contributed by atoms with Crippen LogP contribution >= 0.6 is 11.6 Å². The number of pyridine rings is 1. The van der Waals surface area contributed by atoms with Gasteiger partial charge in [-0.05, 0) is 57.5 Å². The number of hydrogen-bond donors (Lipinski definition) is 2. The van der Waals surface area contributed by atoms with Crippen molar-refractivity contribution in [3.63, 3.8) is 0 Å². The molecule has 8 heteroatoms. The lowest BCUT2D eigenvalue weighted by Crippen LogP contribution is -2.38. The van der Waals surface area contributed by atoms with Gasteiger partial charge in [-0.3, -0.25) is 9.78 Å². The van der Waals surface area contributed by atoms with Gasteiger partial charge in [0.15, 0.2) is 0 Å². The number of halogens is 1. The highest BCUT2D eigenvalue weighted by atomic mass is 35.5. The van der Waals surface area contributed by atoms with Crippen LogP contribution in [-0.2, 0) is 6.42 Å². The highest BCUT2D eigenvalue weighted by Gasteiger charge is 2.17. The molecular formula is C23H24ClN5O2. The van der Waals surface area contributed by atoms with E-state index in [0.717, 1.165) is 28.2 Å². The number of rotatable bonds is 6. The lowest BCUT2D eigenvalue weighted by atomic mass is 10.0. The zero-order valence-electron chi connectivity index (χ0n) is 17.9. The van der Waals surface area contributed by atoms with Crippen molar-refractivity contribution in [1.29, 1.82) is 5.26 Å². The highest BCUT2D eigenvalue weighted by molar-refractivity contribution is 6.31. The van der Waals surface area contributed by atoms with Crippen molar-refractivity contribution in [3.8, 4) is 11.8 Å². The third kappa shape index (κ3) is 5.29. The molecule has 0 aliphatic rings. The van der Waals surface area contributed by atoms with E-state index in [1.807, 2.05) is 30.7 Å². The van der Waals surface area contributed by atoms with Crippen LogP contribution < -0.4 is 5.32 Å². The van der Waals surface area contributed by atoms with Crippen LogP contribution in [0, 0.1) is 25.2 Å². The zero-order valence-corrected chi connectivity index (χ0v) is 18.7. The van der Waals surface area contributed by atoms with Gasteiger partial charge in [0, 0.05) is 30.4 Å². The van der Waals surface area contributed by atoms with Crippen LogP contribution in [0.15, 0.2) is 36.5 Å². The van der Waals surface area contributed by atoms with Crippen molar-refractivity contribution >= 4 is 17.5 Å². The van der Waals surface area contributed by atoms with Crippen LogP contribution in [0.2, 0.25) is 5.02 Å². The second-order valence-corrected chi connectivity index (χ2v) is 8.47. The molecule has 2 aromatic heterocycles. The van der Waals surface area contributed by atoms with E-state index < -0.39 is 5.60 Å². The van der Waals surface area contributed by atoms with Gasteiger partial charge in [-0.2, -0.15) is 10.4 Å². The van der Waals surface area contributed by atoms with Crippen LogP contribution in [0.25, 0.3) is 5.69 Å². The minimum absolute atomic E-state index is 0.145. The molecule has 7 nitrogen and oxygen atoms in total. The lowest BCUT2D eigenvalue weighted by molar-refractivity contribution is 0.0692. The molecule has 2 N–H and O–H groups in total. The predicted molar refractivity (Wildman–Crippen MR) is 118 cm³/mol. The van der Waals surface area contributed by atoms with Crippen LogP contribution in [0.1, 0.15) is 52.4 Å². The molecule has 3 aromatic rings. The normalized spacial score (nSPS) is 11.3. The van der Waals surface area contributed by atoms with Crippen molar-refractivity contribution in [2.75, 3.05) is 6.54 Å². The Morgan fingerprint density at radius 3 is 2.61 bits per heavy atom. The Balaban J connectivity index is 1.79. The van der Waals surface area contributed by atoms with Crippen molar-refractivity contribution in [3.05, 3.63) is 75.3 Å². The number of nitriles is 1. The minimum Gasteiger partial charge on any atom is -0.389 e. The predicted octanol–water partition coefficient (Wildman–Crippen LogP) is 3.50. The number of nitrogens with zero attached hydrogens (tertiary/aromatic N) is 4. The number of carbonyl (C=O) groups is 1. The third-order valence-corrected chi connectivity index (χ3v) is 5.19. The molecule has 1 amide bonds. The molecule has 1 aromatic carbocycles. The van der Waals surface area contributed by atoms with Crippen molar-refractivity contribution in [2.45, 2.75) is 39.7 Å². The average molecular weight is 438 g/mol. The van der Waals surface area contributed by atoms with E-state index in [4.69, 9.17) is 16.9 Å². The smallest absolute Gasteiger partial charge is 0.269 e. The summed E-state index contributed by atoms with van der Waals surface area (Å²) in [5, 5.41) is 26.5. The summed E-state index contributed by atoms with van der Waals surface area (Å²) in [7, 11) is 0. The molecule has 160 valence electrons. The van der Waals surface area contributed by atoms with Crippen LogP contribution in [0.3, 0.4) is 0 Å². The SMILES string of the molecule is Cc1nn(-c2ccc(C#N)c(Cl)c2)c(C)c1Cc1ccc(C(=O)NCC(C)(C)O)nc1. The maximum absolute atomic E-state index is 12.2. The van der Waals surface area contributed by atoms with Crippen molar-refractivity contribution in [2.24, 2.45) is 0 Å². The van der Waals surface area contributed by atoms with Gasteiger partial charge in [0.2, 0.25) is 0 Å². The Morgan fingerprint density at radius 1 is 1.29 bits per heavy atom. The van der Waals surface area contributed by atoms with E-state index in [-0.39, 0.29) is 12.5 Å². The average Bonchev–Trinajstić information content (AvgIpc) is 3.00. The Bertz CT molecular complexity index is 1150. The Labute approximate surface area is 186 Å². The molecule has 31 heavy (non-hydrogen) atoms. The van der Waals surface area contributed by atoms with Gasteiger partial charge in [-0.25, -0.2) is 4.68 Å². The number of hydrogen-bond acceptors (Lipinski definition) is 5. The van der Waals surface area contributed by atoms with Gasteiger partial charge >= 0.3 is 0 Å². The Kier molecular flexibility index (Phi) is 6.44. The second kappa shape index (κ2) is 8.88. The summed E-state index contributed by atoms with van der Waals surface area (Å²) >= 11 is 6.18. The number of carbonyl (C=O) groups excluding carboxylic acids is 1. The van der Waals surface area contributed by atoms with Crippen molar-refractivity contribution < 1.29 is 9.90 Å². The van der Waals surface area contributed by atoms with Crippen molar-refractivity contribution in [1.82, 2.24) is 20.1 Å².